The third-order valence-corrected chi connectivity index (χ3v) is 3.59. The van der Waals surface area contributed by atoms with E-state index in [9.17, 15) is 0 Å². The number of methoxy groups -OCH3 is 1. The predicted molar refractivity (Wildman–Crippen MR) is 81.0 cm³/mol. The van der Waals surface area contributed by atoms with Gasteiger partial charge in [0, 0.05) is 6.07 Å². The molecule has 2 N–H and O–H groups in total. The molecular formula is C16H17N3O. The average molecular weight is 267 g/mol. The van der Waals surface area contributed by atoms with Crippen LogP contribution in [0.15, 0.2) is 48.5 Å². The lowest BCUT2D eigenvalue weighted by molar-refractivity contribution is 0.415. The van der Waals surface area contributed by atoms with E-state index < -0.39 is 0 Å². The Balaban J connectivity index is 2.14. The highest BCUT2D eigenvalue weighted by Gasteiger charge is 2.15. The van der Waals surface area contributed by atoms with Gasteiger partial charge >= 0.3 is 0 Å². The molecule has 102 valence electrons. The van der Waals surface area contributed by atoms with Crippen LogP contribution in [-0.2, 0) is 0 Å². The van der Waals surface area contributed by atoms with Crippen LogP contribution in [-0.4, -0.2) is 16.7 Å². The number of hydrogen-bond acceptors (Lipinski definition) is 3. The molecule has 4 nitrogen and oxygen atoms in total. The number of benzene rings is 2. The van der Waals surface area contributed by atoms with Crippen molar-refractivity contribution < 1.29 is 4.74 Å². The molecule has 0 aliphatic carbocycles. The lowest BCUT2D eigenvalue weighted by Gasteiger charge is -2.16. The summed E-state index contributed by atoms with van der Waals surface area (Å²) in [6.45, 7) is 2.12. The molecule has 0 saturated carbocycles. The van der Waals surface area contributed by atoms with Crippen molar-refractivity contribution in [2.75, 3.05) is 12.8 Å². The van der Waals surface area contributed by atoms with Crippen LogP contribution in [0.2, 0.25) is 0 Å². The van der Waals surface area contributed by atoms with E-state index in [1.165, 1.54) is 5.56 Å². The lowest BCUT2D eigenvalue weighted by Crippen LogP contribution is -2.09. The van der Waals surface area contributed by atoms with Gasteiger partial charge in [-0.1, -0.05) is 30.3 Å². The first-order valence-corrected chi connectivity index (χ1v) is 6.57. The second-order valence-electron chi connectivity index (χ2n) is 4.78. The van der Waals surface area contributed by atoms with Crippen LogP contribution in [0.5, 0.6) is 5.75 Å². The number of aromatic nitrogens is 2. The van der Waals surface area contributed by atoms with Crippen LogP contribution >= 0.6 is 0 Å². The first kappa shape index (κ1) is 12.5. The Bertz CT molecular complexity index is 734. The zero-order valence-corrected chi connectivity index (χ0v) is 11.6. The van der Waals surface area contributed by atoms with Gasteiger partial charge in [0.05, 0.1) is 24.2 Å². The third kappa shape index (κ3) is 1.99. The fraction of sp³-hybridized carbons (Fsp3) is 0.188. The van der Waals surface area contributed by atoms with Crippen LogP contribution in [0.3, 0.4) is 0 Å². The first-order chi connectivity index (χ1) is 9.70. The molecule has 0 spiro atoms. The van der Waals surface area contributed by atoms with E-state index in [4.69, 9.17) is 10.5 Å². The molecule has 1 heterocycles. The Kier molecular flexibility index (Phi) is 3.06. The third-order valence-electron chi connectivity index (χ3n) is 3.59. The zero-order chi connectivity index (χ0) is 14.1. The Morgan fingerprint density at radius 1 is 1.15 bits per heavy atom. The Hall–Kier alpha value is -2.49. The van der Waals surface area contributed by atoms with E-state index in [0.29, 0.717) is 5.95 Å². The van der Waals surface area contributed by atoms with Crippen LogP contribution in [0.4, 0.5) is 5.95 Å². The minimum absolute atomic E-state index is 0.134. The van der Waals surface area contributed by atoms with Gasteiger partial charge < -0.3 is 15.0 Å². The number of fused-ring (bicyclic) bond motifs is 1. The van der Waals surface area contributed by atoms with Crippen molar-refractivity contribution in [3.63, 3.8) is 0 Å². The van der Waals surface area contributed by atoms with Gasteiger partial charge in [-0.3, -0.25) is 0 Å². The number of ether oxygens (including phenoxy) is 1. The summed E-state index contributed by atoms with van der Waals surface area (Å²) in [4.78, 5) is 4.43. The predicted octanol–water partition coefficient (Wildman–Crippen LogP) is 3.24. The summed E-state index contributed by atoms with van der Waals surface area (Å²) in [5, 5.41) is 0. The normalized spacial score (nSPS) is 12.5. The van der Waals surface area contributed by atoms with Crippen LogP contribution in [0, 0.1) is 0 Å². The Labute approximate surface area is 117 Å². The molecule has 4 heteroatoms. The van der Waals surface area contributed by atoms with Crippen molar-refractivity contribution in [2.24, 2.45) is 0 Å². The van der Waals surface area contributed by atoms with Crippen molar-refractivity contribution in [3.8, 4) is 5.75 Å². The highest BCUT2D eigenvalue weighted by Crippen LogP contribution is 2.29. The highest BCUT2D eigenvalue weighted by molar-refractivity contribution is 5.80. The second-order valence-corrected chi connectivity index (χ2v) is 4.78. The SMILES string of the molecule is COc1ccc2c(c1)nc(N)n2C(C)c1ccccc1. The van der Waals surface area contributed by atoms with E-state index in [1.807, 2.05) is 41.0 Å². The maximum absolute atomic E-state index is 6.09. The number of nitrogens with zero attached hydrogens (tertiary/aromatic N) is 2. The van der Waals surface area contributed by atoms with E-state index in [-0.39, 0.29) is 6.04 Å². The summed E-state index contributed by atoms with van der Waals surface area (Å²) in [6, 6.07) is 16.2. The molecule has 1 aromatic heterocycles. The molecule has 3 aromatic rings. The molecule has 0 aliphatic rings. The second kappa shape index (κ2) is 4.89. The van der Waals surface area contributed by atoms with Gasteiger partial charge in [-0.15, -0.1) is 0 Å². The molecule has 0 bridgehead atoms. The quantitative estimate of drug-likeness (QED) is 0.792. The highest BCUT2D eigenvalue weighted by atomic mass is 16.5. The number of rotatable bonds is 3. The van der Waals surface area contributed by atoms with Crippen molar-refractivity contribution >= 4 is 17.0 Å². The summed E-state index contributed by atoms with van der Waals surface area (Å²) in [6.07, 6.45) is 0. The lowest BCUT2D eigenvalue weighted by atomic mass is 10.1. The summed E-state index contributed by atoms with van der Waals surface area (Å²) in [7, 11) is 1.65. The van der Waals surface area contributed by atoms with Gasteiger partial charge in [-0.25, -0.2) is 4.98 Å². The van der Waals surface area contributed by atoms with Gasteiger partial charge in [0.2, 0.25) is 5.95 Å². The van der Waals surface area contributed by atoms with Crippen molar-refractivity contribution in [3.05, 3.63) is 54.1 Å². The molecule has 0 fully saturated rings. The molecule has 0 aliphatic heterocycles. The maximum Gasteiger partial charge on any atom is 0.201 e. The minimum Gasteiger partial charge on any atom is -0.497 e. The number of imidazole rings is 1. The topological polar surface area (TPSA) is 53.1 Å². The van der Waals surface area contributed by atoms with Crippen molar-refractivity contribution in [1.82, 2.24) is 9.55 Å². The number of anilines is 1. The van der Waals surface area contributed by atoms with Crippen molar-refractivity contribution in [1.29, 1.82) is 0 Å². The maximum atomic E-state index is 6.09. The van der Waals surface area contributed by atoms with Gasteiger partial charge in [0.25, 0.3) is 0 Å². The molecule has 3 rings (SSSR count). The molecule has 1 unspecified atom stereocenters. The molecule has 0 saturated heterocycles. The minimum atomic E-state index is 0.134. The fourth-order valence-electron chi connectivity index (χ4n) is 2.51. The van der Waals surface area contributed by atoms with Crippen LogP contribution < -0.4 is 10.5 Å². The van der Waals surface area contributed by atoms with Gasteiger partial charge in [-0.05, 0) is 24.6 Å². The molecule has 1 atom stereocenters. The Morgan fingerprint density at radius 3 is 2.60 bits per heavy atom. The first-order valence-electron chi connectivity index (χ1n) is 6.57. The smallest absolute Gasteiger partial charge is 0.201 e. The van der Waals surface area contributed by atoms with Gasteiger partial charge in [-0.2, -0.15) is 0 Å². The van der Waals surface area contributed by atoms with E-state index >= 15 is 0 Å². The summed E-state index contributed by atoms with van der Waals surface area (Å²) in [5.41, 5.74) is 9.16. The molecule has 0 amide bonds. The standard InChI is InChI=1S/C16H17N3O/c1-11(12-6-4-3-5-7-12)19-15-9-8-13(20-2)10-14(15)18-16(19)17/h3-11H,1-2H3,(H2,17,18). The monoisotopic (exact) mass is 267 g/mol. The van der Waals surface area contributed by atoms with Crippen LogP contribution in [0.25, 0.3) is 11.0 Å². The molecule has 0 radical (unpaired) electrons. The largest absolute Gasteiger partial charge is 0.497 e. The van der Waals surface area contributed by atoms with E-state index in [0.717, 1.165) is 16.8 Å². The Morgan fingerprint density at radius 2 is 1.90 bits per heavy atom. The number of hydrogen-bond donors (Lipinski definition) is 1. The van der Waals surface area contributed by atoms with Gasteiger partial charge in [0.15, 0.2) is 0 Å². The summed E-state index contributed by atoms with van der Waals surface area (Å²) < 4.78 is 7.27. The van der Waals surface area contributed by atoms with Crippen molar-refractivity contribution in [2.45, 2.75) is 13.0 Å². The van der Waals surface area contributed by atoms with E-state index in [2.05, 4.69) is 24.0 Å². The molecule has 2 aromatic carbocycles. The average Bonchev–Trinajstić information content (AvgIpc) is 2.82. The van der Waals surface area contributed by atoms with E-state index in [1.54, 1.807) is 7.11 Å². The number of nitrogens with two attached hydrogens (primary N) is 1. The summed E-state index contributed by atoms with van der Waals surface area (Å²) in [5.74, 6) is 1.30. The molecule has 20 heavy (non-hydrogen) atoms. The number of nitrogen functional groups attached to an aromatic ring is 1. The zero-order valence-electron chi connectivity index (χ0n) is 11.6. The molecular weight excluding hydrogens is 250 g/mol. The van der Waals surface area contributed by atoms with Crippen LogP contribution in [0.1, 0.15) is 18.5 Å². The fourth-order valence-corrected chi connectivity index (χ4v) is 2.51. The summed E-state index contributed by atoms with van der Waals surface area (Å²) >= 11 is 0. The van der Waals surface area contributed by atoms with Gasteiger partial charge in [0.1, 0.15) is 5.75 Å².